The summed E-state index contributed by atoms with van der Waals surface area (Å²) in [5, 5.41) is 1.34. The Balaban J connectivity index is 2.62. The van der Waals surface area contributed by atoms with Crippen LogP contribution in [0, 0.1) is 0 Å². The van der Waals surface area contributed by atoms with Gasteiger partial charge in [-0.3, -0.25) is 0 Å². The first-order valence-corrected chi connectivity index (χ1v) is 4.39. The molecule has 0 fully saturated rings. The fraction of sp³-hybridized carbons (Fsp3) is 0.100. The zero-order valence-corrected chi connectivity index (χ0v) is 7.80. The summed E-state index contributed by atoms with van der Waals surface area (Å²) in [5.74, 6) is 0. The van der Waals surface area contributed by atoms with Gasteiger partial charge >= 0.3 is 0 Å². The number of benzene rings is 1. The van der Waals surface area contributed by atoms with Crippen molar-refractivity contribution in [3.05, 3.63) is 41.0 Å². The fourth-order valence-electron chi connectivity index (χ4n) is 1.23. The van der Waals surface area contributed by atoms with E-state index in [4.69, 9.17) is 11.6 Å². The highest BCUT2D eigenvalue weighted by Gasteiger charge is 2.08. The zero-order valence-electron chi connectivity index (χ0n) is 7.05. The van der Waals surface area contributed by atoms with E-state index in [2.05, 4.69) is 4.98 Å². The molecule has 0 radical (unpaired) electrons. The van der Waals surface area contributed by atoms with Crippen LogP contribution in [0.2, 0.25) is 5.02 Å². The van der Waals surface area contributed by atoms with Crippen LogP contribution in [-0.4, -0.2) is 4.98 Å². The number of aromatic nitrogens is 1. The van der Waals surface area contributed by atoms with Crippen LogP contribution in [0.25, 0.3) is 10.9 Å². The van der Waals surface area contributed by atoms with E-state index >= 15 is 0 Å². The van der Waals surface area contributed by atoms with Gasteiger partial charge in [0.05, 0.1) is 5.52 Å². The lowest BCUT2D eigenvalue weighted by molar-refractivity contribution is 0.146. The minimum absolute atomic E-state index is 0.208. The molecule has 0 aliphatic heterocycles. The number of rotatable bonds is 1. The molecule has 0 N–H and O–H groups in total. The molecule has 0 saturated heterocycles. The molecule has 72 valence electrons. The molecule has 2 aromatic rings. The van der Waals surface area contributed by atoms with E-state index in [1.807, 2.05) is 0 Å². The third kappa shape index (κ3) is 1.68. The molecule has 0 amide bonds. The van der Waals surface area contributed by atoms with Crippen molar-refractivity contribution in [2.45, 2.75) is 6.43 Å². The predicted molar refractivity (Wildman–Crippen MR) is 51.7 cm³/mol. The van der Waals surface area contributed by atoms with E-state index < -0.39 is 6.43 Å². The van der Waals surface area contributed by atoms with Crippen molar-refractivity contribution in [3.63, 3.8) is 0 Å². The van der Waals surface area contributed by atoms with E-state index in [9.17, 15) is 8.78 Å². The summed E-state index contributed by atoms with van der Waals surface area (Å²) in [6.07, 6.45) is -2.53. The molecule has 0 bridgehead atoms. The Labute approximate surface area is 84.3 Å². The van der Waals surface area contributed by atoms with Crippen LogP contribution in [0.5, 0.6) is 0 Å². The number of alkyl halides is 2. The predicted octanol–water partition coefficient (Wildman–Crippen LogP) is 3.83. The van der Waals surface area contributed by atoms with Crippen molar-refractivity contribution in [2.75, 3.05) is 0 Å². The van der Waals surface area contributed by atoms with Crippen molar-refractivity contribution in [1.29, 1.82) is 0 Å². The Kier molecular flexibility index (Phi) is 2.33. The molecule has 0 spiro atoms. The Morgan fingerprint density at radius 2 is 1.93 bits per heavy atom. The Bertz CT molecular complexity index is 471. The average Bonchev–Trinajstić information content (AvgIpc) is 2.16. The molecule has 0 aliphatic carbocycles. The first-order chi connectivity index (χ1) is 6.66. The first-order valence-electron chi connectivity index (χ1n) is 4.01. The summed E-state index contributed by atoms with van der Waals surface area (Å²) in [4.78, 5) is 3.81. The third-order valence-electron chi connectivity index (χ3n) is 1.90. The van der Waals surface area contributed by atoms with Gasteiger partial charge in [0.1, 0.15) is 5.69 Å². The van der Waals surface area contributed by atoms with Gasteiger partial charge in [0.25, 0.3) is 6.43 Å². The van der Waals surface area contributed by atoms with Crippen LogP contribution in [0.1, 0.15) is 12.1 Å². The lowest BCUT2D eigenvalue weighted by Gasteiger charge is -2.01. The van der Waals surface area contributed by atoms with E-state index in [1.165, 1.54) is 6.07 Å². The molecule has 1 aromatic carbocycles. The third-order valence-corrected chi connectivity index (χ3v) is 2.13. The topological polar surface area (TPSA) is 12.9 Å². The van der Waals surface area contributed by atoms with E-state index in [1.54, 1.807) is 24.3 Å². The fourth-order valence-corrected chi connectivity index (χ4v) is 1.41. The average molecular weight is 214 g/mol. The molecule has 0 unspecified atom stereocenters. The standard InChI is InChI=1S/C10H6ClF2N/c11-7-2-4-8-6(5-7)1-3-9(14-8)10(12)13/h1-5,10H. The minimum Gasteiger partial charge on any atom is -0.247 e. The molecule has 0 atom stereocenters. The van der Waals surface area contributed by atoms with Crippen LogP contribution in [0.4, 0.5) is 8.78 Å². The SMILES string of the molecule is FC(F)c1ccc2cc(Cl)ccc2n1. The molecular formula is C10H6ClF2N. The normalized spacial score (nSPS) is 11.1. The van der Waals surface area contributed by atoms with Gasteiger partial charge in [-0.25, -0.2) is 13.8 Å². The lowest BCUT2D eigenvalue weighted by Crippen LogP contribution is -1.89. The molecule has 0 aliphatic rings. The summed E-state index contributed by atoms with van der Waals surface area (Å²) < 4.78 is 24.6. The van der Waals surface area contributed by atoms with Crippen molar-refractivity contribution in [2.24, 2.45) is 0 Å². The Morgan fingerprint density at radius 1 is 1.14 bits per heavy atom. The molecule has 2 rings (SSSR count). The van der Waals surface area contributed by atoms with Crippen LogP contribution in [-0.2, 0) is 0 Å². The summed E-state index contributed by atoms with van der Waals surface area (Å²) in [7, 11) is 0. The second kappa shape index (κ2) is 3.50. The number of hydrogen-bond acceptors (Lipinski definition) is 1. The van der Waals surface area contributed by atoms with E-state index in [0.29, 0.717) is 10.5 Å². The number of halogens is 3. The molecule has 0 saturated carbocycles. The first kappa shape index (κ1) is 9.34. The number of nitrogens with zero attached hydrogens (tertiary/aromatic N) is 1. The Morgan fingerprint density at radius 3 is 2.64 bits per heavy atom. The smallest absolute Gasteiger partial charge is 0.247 e. The second-order valence-electron chi connectivity index (χ2n) is 2.87. The summed E-state index contributed by atoms with van der Waals surface area (Å²) in [6.45, 7) is 0. The highest BCUT2D eigenvalue weighted by Crippen LogP contribution is 2.22. The summed E-state index contributed by atoms with van der Waals surface area (Å²) in [5.41, 5.74) is 0.326. The summed E-state index contributed by atoms with van der Waals surface area (Å²) in [6, 6.07) is 7.86. The highest BCUT2D eigenvalue weighted by molar-refractivity contribution is 6.31. The van der Waals surface area contributed by atoms with Crippen molar-refractivity contribution >= 4 is 22.5 Å². The van der Waals surface area contributed by atoms with Crippen molar-refractivity contribution < 1.29 is 8.78 Å². The maximum atomic E-state index is 12.3. The zero-order chi connectivity index (χ0) is 10.1. The van der Waals surface area contributed by atoms with Gasteiger partial charge < -0.3 is 0 Å². The molecule has 14 heavy (non-hydrogen) atoms. The van der Waals surface area contributed by atoms with Crippen LogP contribution in [0.3, 0.4) is 0 Å². The second-order valence-corrected chi connectivity index (χ2v) is 3.31. The van der Waals surface area contributed by atoms with E-state index in [0.717, 1.165) is 5.39 Å². The molecular weight excluding hydrogens is 208 g/mol. The maximum Gasteiger partial charge on any atom is 0.280 e. The lowest BCUT2D eigenvalue weighted by atomic mass is 10.2. The number of pyridine rings is 1. The van der Waals surface area contributed by atoms with Gasteiger partial charge in [-0.1, -0.05) is 17.7 Å². The maximum absolute atomic E-state index is 12.3. The van der Waals surface area contributed by atoms with Gasteiger partial charge in [0.2, 0.25) is 0 Å². The van der Waals surface area contributed by atoms with Gasteiger partial charge in [-0.05, 0) is 24.3 Å². The van der Waals surface area contributed by atoms with E-state index in [-0.39, 0.29) is 5.69 Å². The van der Waals surface area contributed by atoms with Gasteiger partial charge in [-0.2, -0.15) is 0 Å². The largest absolute Gasteiger partial charge is 0.280 e. The molecule has 1 aromatic heterocycles. The van der Waals surface area contributed by atoms with Gasteiger partial charge in [0, 0.05) is 10.4 Å². The number of hydrogen-bond donors (Lipinski definition) is 0. The Hall–Kier alpha value is -1.22. The molecule has 4 heteroatoms. The quantitative estimate of drug-likeness (QED) is 0.702. The van der Waals surface area contributed by atoms with Crippen molar-refractivity contribution in [1.82, 2.24) is 4.98 Å². The molecule has 1 heterocycles. The van der Waals surface area contributed by atoms with Crippen molar-refractivity contribution in [3.8, 4) is 0 Å². The van der Waals surface area contributed by atoms with Crippen LogP contribution >= 0.6 is 11.6 Å². The van der Waals surface area contributed by atoms with Gasteiger partial charge in [0.15, 0.2) is 0 Å². The number of fused-ring (bicyclic) bond motifs is 1. The monoisotopic (exact) mass is 213 g/mol. The van der Waals surface area contributed by atoms with Crippen LogP contribution < -0.4 is 0 Å². The van der Waals surface area contributed by atoms with Gasteiger partial charge in [-0.15, -0.1) is 0 Å². The molecule has 1 nitrogen and oxygen atoms in total. The highest BCUT2D eigenvalue weighted by atomic mass is 35.5. The van der Waals surface area contributed by atoms with Crippen LogP contribution in [0.15, 0.2) is 30.3 Å². The summed E-state index contributed by atoms with van der Waals surface area (Å²) >= 11 is 5.75. The minimum atomic E-state index is -2.53.